The second-order valence-electron chi connectivity index (χ2n) is 25.0. The van der Waals surface area contributed by atoms with Gasteiger partial charge in [-0.1, -0.05) is 0 Å². The van der Waals surface area contributed by atoms with Crippen LogP contribution in [0, 0.1) is 0 Å². The van der Waals surface area contributed by atoms with E-state index in [1.165, 1.54) is 21.5 Å². The molecule has 73 heavy (non-hydrogen) atoms. The van der Waals surface area contributed by atoms with Crippen molar-refractivity contribution in [1.29, 1.82) is 0 Å². The van der Waals surface area contributed by atoms with Crippen molar-refractivity contribution in [2.75, 3.05) is 9.80 Å². The summed E-state index contributed by atoms with van der Waals surface area (Å²) >= 11 is 0. The third kappa shape index (κ3) is 7.78. The van der Waals surface area contributed by atoms with E-state index in [4.69, 9.17) is 13.3 Å². The summed E-state index contributed by atoms with van der Waals surface area (Å²) < 4.78 is 21.4. The van der Waals surface area contributed by atoms with Gasteiger partial charge in [-0.2, -0.15) is 0 Å². The molecule has 0 saturated heterocycles. The summed E-state index contributed by atoms with van der Waals surface area (Å²) in [6.07, 6.45) is 1.84. The van der Waals surface area contributed by atoms with E-state index in [1.807, 2.05) is 6.26 Å². The molecule has 0 saturated carbocycles. The minimum atomic E-state index is -1.91. The normalized spacial score (nSPS) is 13.4. The van der Waals surface area contributed by atoms with Crippen molar-refractivity contribution in [3.8, 4) is 0 Å². The summed E-state index contributed by atoms with van der Waals surface area (Å²) in [6.45, 7) is 28.2. The Morgan fingerprint density at radius 2 is 0.726 bits per heavy atom. The molecule has 0 aliphatic rings. The standard InChI is InChI=1S/C66H66N2O3Si2/c1-65(2,3)41-21-25-43(26-22-41)67(45-29-33-47(34-30-45)72(7,8)9)54-39-52-49-37-38-69-62(49)53-40-55(68(44-27-23-42(24-28-44)66(4,5)6)46-31-35-48(36-32-46)73(10,11)12)59-51-18-14-16-20-57(51)71-64(59)61(53)60(52)63-58(54)50-17-13-15-19-56(50)70-63/h13-40,72-73H,1-12H3/q-2. The first-order valence-electron chi connectivity index (χ1n) is 26.4. The van der Waals surface area contributed by atoms with Crippen LogP contribution in [0.15, 0.2) is 183 Å². The van der Waals surface area contributed by atoms with Crippen molar-refractivity contribution in [2.45, 2.75) is 91.7 Å². The van der Waals surface area contributed by atoms with Crippen LogP contribution in [0.5, 0.6) is 0 Å². The average molecular weight is 991 g/mol. The van der Waals surface area contributed by atoms with E-state index in [-0.39, 0.29) is 10.8 Å². The van der Waals surface area contributed by atoms with Crippen LogP contribution in [0.1, 0.15) is 52.7 Å². The zero-order chi connectivity index (χ0) is 50.9. The summed E-state index contributed by atoms with van der Waals surface area (Å²) in [5.74, 6) is 0. The number of furan rings is 3. The van der Waals surface area contributed by atoms with Gasteiger partial charge in [0.1, 0.15) is 0 Å². The topological polar surface area (TPSA) is 45.9 Å². The summed E-state index contributed by atoms with van der Waals surface area (Å²) in [5, 5.41) is 12.0. The van der Waals surface area contributed by atoms with Gasteiger partial charge >= 0.3 is 433 Å². The van der Waals surface area contributed by atoms with Gasteiger partial charge < -0.3 is 0 Å². The molecular formula is C66H66N2O3Si2-2. The van der Waals surface area contributed by atoms with Gasteiger partial charge in [-0.25, -0.2) is 0 Å². The molecule has 0 atom stereocenters. The summed E-state index contributed by atoms with van der Waals surface area (Å²) in [4.78, 5) is 4.85. The van der Waals surface area contributed by atoms with E-state index in [9.17, 15) is 0 Å². The quantitative estimate of drug-likeness (QED) is 0.112. The fourth-order valence-electron chi connectivity index (χ4n) is 11.2. The molecule has 12 aromatic rings. The van der Waals surface area contributed by atoms with Crippen LogP contribution < -0.4 is 20.2 Å². The molecule has 5 nitrogen and oxygen atoms in total. The van der Waals surface area contributed by atoms with E-state index < -0.39 is 16.1 Å². The van der Waals surface area contributed by atoms with Crippen molar-refractivity contribution >= 4 is 137 Å². The van der Waals surface area contributed by atoms with Crippen molar-refractivity contribution in [1.82, 2.24) is 0 Å². The van der Waals surface area contributed by atoms with Gasteiger partial charge in [-0.15, -0.1) is 0 Å². The Kier molecular flexibility index (Phi) is 10.6. The number of hydrogen-bond acceptors (Lipinski definition) is 5. The van der Waals surface area contributed by atoms with Crippen LogP contribution in [-0.2, 0) is 10.8 Å². The molecular weight excluding hydrogens is 925 g/mol. The maximum absolute atomic E-state index is 7.31. The molecule has 0 bridgehead atoms. The molecule has 3 aromatic heterocycles. The molecule has 0 N–H and O–H groups in total. The number of rotatable bonds is 8. The molecule has 3 heterocycles. The molecule has 0 spiro atoms. The van der Waals surface area contributed by atoms with Crippen LogP contribution >= 0.6 is 0 Å². The number of anilines is 6. The fraction of sp³-hybridized carbons (Fsp3) is 0.212. The number of benzene rings is 9. The molecule has 7 heteroatoms. The van der Waals surface area contributed by atoms with Crippen LogP contribution in [0.4, 0.5) is 34.1 Å². The van der Waals surface area contributed by atoms with Crippen molar-refractivity contribution in [2.24, 2.45) is 0 Å². The average Bonchev–Trinajstić information content (AvgIpc) is 4.12. The molecule has 9 aromatic carbocycles. The summed E-state index contributed by atoms with van der Waals surface area (Å²) in [7, 11) is -3.82. The van der Waals surface area contributed by atoms with Crippen molar-refractivity contribution in [3.63, 3.8) is 0 Å². The van der Waals surface area contributed by atoms with Gasteiger partial charge in [-0.05, 0) is 0 Å². The third-order valence-corrected chi connectivity index (χ3v) is 20.2. The third-order valence-electron chi connectivity index (χ3n) is 15.5. The van der Waals surface area contributed by atoms with Gasteiger partial charge in [0.2, 0.25) is 0 Å². The number of fused-ring (bicyclic) bond motifs is 14. The molecule has 12 rings (SSSR count). The Balaban J connectivity index is 1.22. The van der Waals surface area contributed by atoms with Gasteiger partial charge in [-0.3, -0.25) is 0 Å². The zero-order valence-electron chi connectivity index (χ0n) is 44.4. The first kappa shape index (κ1) is 46.7. The van der Waals surface area contributed by atoms with Crippen molar-refractivity contribution < 1.29 is 13.3 Å². The first-order chi connectivity index (χ1) is 34.7. The predicted molar refractivity (Wildman–Crippen MR) is 321 cm³/mol. The van der Waals surface area contributed by atoms with E-state index in [2.05, 4.69) is 254 Å². The predicted octanol–water partition coefficient (Wildman–Crippen LogP) is 18.6. The van der Waals surface area contributed by atoms with E-state index in [0.29, 0.717) is 0 Å². The van der Waals surface area contributed by atoms with Gasteiger partial charge in [0.15, 0.2) is 0 Å². The Morgan fingerprint density at radius 1 is 0.356 bits per heavy atom. The van der Waals surface area contributed by atoms with Crippen LogP contribution in [-0.4, -0.2) is 16.1 Å². The first-order valence-corrected chi connectivity index (χ1v) is 34.4. The van der Waals surface area contributed by atoms with E-state index >= 15 is 0 Å². The Bertz CT molecular complexity index is 3710. The Hall–Kier alpha value is -7.33. The Morgan fingerprint density at radius 3 is 1.12 bits per heavy atom. The molecule has 0 radical (unpaired) electrons. The molecule has 0 aliphatic heterocycles. The van der Waals surface area contributed by atoms with E-state index in [1.54, 1.807) is 0 Å². The van der Waals surface area contributed by atoms with E-state index in [0.717, 1.165) is 111 Å². The molecule has 0 amide bonds. The molecule has 368 valence electrons. The number of nitrogens with zero attached hydrogens (tertiary/aromatic N) is 2. The fourth-order valence-corrected chi connectivity index (χ4v) is 13.9. The number of hydrogen-bond donors (Lipinski definition) is 0. The molecule has 0 fully saturated rings. The van der Waals surface area contributed by atoms with Gasteiger partial charge in [0, 0.05) is 0 Å². The summed E-state index contributed by atoms with van der Waals surface area (Å²) in [6, 6.07) is 60.7. The van der Waals surface area contributed by atoms with Gasteiger partial charge in [0.25, 0.3) is 0 Å². The minimum absolute atomic E-state index is 0.000525. The maximum atomic E-state index is 7.31. The van der Waals surface area contributed by atoms with Gasteiger partial charge in [0.05, 0.1) is 0 Å². The SMILES string of the molecule is CC(C)(C)c1ccc(N(c2ccc([SiH-](C)(C)C)cc2)c2cc3c4ccoc4c4cc(N(c5ccc(C(C)(C)C)cc5)c5ccc([SiH-](C)(C)C)cc5)c5c6ccccc6oc5c4c3c3oc4ccccc4c23)cc1. The summed E-state index contributed by atoms with van der Waals surface area (Å²) in [5.41, 5.74) is 13.0. The van der Waals surface area contributed by atoms with Crippen LogP contribution in [0.25, 0.3) is 76.4 Å². The second kappa shape index (κ2) is 16.6. The molecule has 0 unspecified atom stereocenters. The Labute approximate surface area is 430 Å². The second-order valence-corrected chi connectivity index (χ2v) is 36.8. The van der Waals surface area contributed by atoms with Crippen LogP contribution in [0.3, 0.4) is 0 Å². The molecule has 0 aliphatic carbocycles. The number of para-hydroxylation sites is 2. The zero-order valence-corrected chi connectivity index (χ0v) is 46.7. The van der Waals surface area contributed by atoms with Crippen molar-refractivity contribution in [3.05, 3.63) is 181 Å². The van der Waals surface area contributed by atoms with Crippen LogP contribution in [0.2, 0.25) is 39.3 Å². The monoisotopic (exact) mass is 990 g/mol.